The Balaban J connectivity index is 2.86. The van der Waals surface area contributed by atoms with Crippen molar-refractivity contribution in [3.8, 4) is 6.07 Å². The van der Waals surface area contributed by atoms with Gasteiger partial charge >= 0.3 is 0 Å². The molecule has 58 valence electrons. The fraction of sp³-hybridized carbons (Fsp3) is 0.300. The summed E-state index contributed by atoms with van der Waals surface area (Å²) in [6, 6.07) is 9.48. The van der Waals surface area contributed by atoms with Gasteiger partial charge in [0.1, 0.15) is 0 Å². The Hall–Kier alpha value is -1.23. The maximum atomic E-state index is 8.54. The first-order valence-electron chi connectivity index (χ1n) is 4.03. The van der Waals surface area contributed by atoms with E-state index in [0.29, 0.717) is 5.56 Å². The molecule has 0 bridgehead atoms. The third kappa shape index (κ3) is 1.89. The maximum absolute atomic E-state index is 8.54. The molecule has 0 heterocycles. The van der Waals surface area contributed by atoms with Crippen LogP contribution in [0.1, 0.15) is 30.3 Å². The highest BCUT2D eigenvalue weighted by Crippen LogP contribution is 2.15. The number of nitrogens with zero attached hydrogens (tertiary/aromatic N) is 1. The third-order valence-electron chi connectivity index (χ3n) is 1.91. The number of hydrogen-bond acceptors (Lipinski definition) is 1. The van der Waals surface area contributed by atoms with Crippen LogP contribution in [0.4, 0.5) is 0 Å². The zero-order chi connectivity index (χ0) is 8.97. The summed E-state index contributed by atoms with van der Waals surface area (Å²) in [5.74, 6) is 0.0951. The topological polar surface area (TPSA) is 23.8 Å². The lowest BCUT2D eigenvalue weighted by Crippen LogP contribution is -1.95. The van der Waals surface area contributed by atoms with E-state index < -0.39 is 0 Å². The molecule has 2 radical (unpaired) electrons. The minimum atomic E-state index is 0.0951. The van der Waals surface area contributed by atoms with Crippen LogP contribution in [0.25, 0.3) is 0 Å². The van der Waals surface area contributed by atoms with Gasteiger partial charge in [0.15, 0.2) is 0 Å². The van der Waals surface area contributed by atoms with Crippen molar-refractivity contribution in [1.82, 2.24) is 0 Å². The first-order chi connectivity index (χ1) is 5.77. The van der Waals surface area contributed by atoms with Gasteiger partial charge in [-0.2, -0.15) is 5.26 Å². The van der Waals surface area contributed by atoms with Crippen molar-refractivity contribution in [2.75, 3.05) is 0 Å². The Morgan fingerprint density at radius 1 is 1.42 bits per heavy atom. The molecule has 0 saturated carbocycles. The van der Waals surface area contributed by atoms with Crippen molar-refractivity contribution in [2.24, 2.45) is 0 Å². The minimum Gasteiger partial charge on any atom is -0.192 e. The van der Waals surface area contributed by atoms with Gasteiger partial charge in [-0.25, -0.2) is 0 Å². The summed E-state index contributed by atoms with van der Waals surface area (Å²) in [5, 5.41) is 8.54. The van der Waals surface area contributed by atoms with E-state index in [1.165, 1.54) is 0 Å². The van der Waals surface area contributed by atoms with Gasteiger partial charge in [0, 0.05) is 0 Å². The molecule has 1 nitrogen and oxygen atoms in total. The van der Waals surface area contributed by atoms with Crippen molar-refractivity contribution in [2.45, 2.75) is 19.2 Å². The second-order valence-corrected chi connectivity index (χ2v) is 2.75. The first kappa shape index (κ1) is 8.87. The molecule has 0 aliphatic carbocycles. The molecule has 1 atom stereocenters. The predicted molar refractivity (Wildman–Crippen MR) is 49.9 cm³/mol. The van der Waals surface area contributed by atoms with E-state index in [1.54, 1.807) is 12.1 Å². The molecule has 0 N–H and O–H groups in total. The summed E-state index contributed by atoms with van der Waals surface area (Å²) >= 11 is 0. The van der Waals surface area contributed by atoms with E-state index >= 15 is 0 Å². The maximum Gasteiger partial charge on any atom is 0.0991 e. The Bertz CT molecular complexity index is 284. The first-order valence-corrected chi connectivity index (χ1v) is 4.03. The summed E-state index contributed by atoms with van der Waals surface area (Å²) in [4.78, 5) is 0. The Morgan fingerprint density at radius 3 is 2.42 bits per heavy atom. The summed E-state index contributed by atoms with van der Waals surface area (Å²) in [7, 11) is 5.80. The molecule has 1 aromatic rings. The lowest BCUT2D eigenvalue weighted by Gasteiger charge is -2.07. The van der Waals surface area contributed by atoms with Gasteiger partial charge in [-0.3, -0.25) is 0 Å². The van der Waals surface area contributed by atoms with Crippen LogP contribution in [0.5, 0.6) is 0 Å². The van der Waals surface area contributed by atoms with E-state index in [2.05, 4.69) is 6.07 Å². The number of benzene rings is 1. The summed E-state index contributed by atoms with van der Waals surface area (Å²) in [6.07, 6.45) is 0.923. The smallest absolute Gasteiger partial charge is 0.0991 e. The fourth-order valence-corrected chi connectivity index (χ4v) is 1.04. The predicted octanol–water partition coefficient (Wildman–Crippen LogP) is 2.18. The van der Waals surface area contributed by atoms with E-state index in [0.717, 1.165) is 12.0 Å². The van der Waals surface area contributed by atoms with Crippen molar-refractivity contribution >= 4 is 7.85 Å². The SMILES string of the molecule is [B]C(CC)c1ccc(C#N)cc1. The summed E-state index contributed by atoms with van der Waals surface area (Å²) in [5.41, 5.74) is 1.78. The van der Waals surface area contributed by atoms with E-state index in [1.807, 2.05) is 19.1 Å². The molecule has 12 heavy (non-hydrogen) atoms. The highest BCUT2D eigenvalue weighted by molar-refractivity contribution is 6.12. The lowest BCUT2D eigenvalue weighted by molar-refractivity contribution is 0.882. The van der Waals surface area contributed by atoms with Crippen molar-refractivity contribution in [3.63, 3.8) is 0 Å². The van der Waals surface area contributed by atoms with Gasteiger partial charge in [-0.1, -0.05) is 36.9 Å². The molecule has 1 rings (SSSR count). The zero-order valence-electron chi connectivity index (χ0n) is 7.12. The number of nitriles is 1. The van der Waals surface area contributed by atoms with Gasteiger partial charge in [-0.15, -0.1) is 0 Å². The van der Waals surface area contributed by atoms with Crippen LogP contribution in [0, 0.1) is 11.3 Å². The van der Waals surface area contributed by atoms with Crippen LogP contribution in [-0.4, -0.2) is 7.85 Å². The molecular formula is C10H10BN. The molecule has 0 amide bonds. The molecule has 0 spiro atoms. The van der Waals surface area contributed by atoms with Crippen LogP contribution in [-0.2, 0) is 0 Å². The number of rotatable bonds is 2. The quantitative estimate of drug-likeness (QED) is 0.600. The monoisotopic (exact) mass is 155 g/mol. The zero-order valence-corrected chi connectivity index (χ0v) is 7.12. The summed E-state index contributed by atoms with van der Waals surface area (Å²) < 4.78 is 0. The normalized spacial score (nSPS) is 12.0. The van der Waals surface area contributed by atoms with Crippen LogP contribution < -0.4 is 0 Å². The molecule has 0 aromatic heterocycles. The second-order valence-electron chi connectivity index (χ2n) is 2.75. The highest BCUT2D eigenvalue weighted by atomic mass is 14.2. The molecule has 0 aliphatic rings. The molecule has 0 fully saturated rings. The second kappa shape index (κ2) is 3.97. The largest absolute Gasteiger partial charge is 0.192 e. The Morgan fingerprint density at radius 2 is 2.00 bits per heavy atom. The average molecular weight is 155 g/mol. The van der Waals surface area contributed by atoms with Gasteiger partial charge in [-0.05, 0) is 12.1 Å². The van der Waals surface area contributed by atoms with Gasteiger partial charge < -0.3 is 0 Å². The Kier molecular flexibility index (Phi) is 2.93. The van der Waals surface area contributed by atoms with Gasteiger partial charge in [0.25, 0.3) is 0 Å². The molecule has 0 aliphatic heterocycles. The van der Waals surface area contributed by atoms with E-state index in [-0.39, 0.29) is 5.82 Å². The molecule has 1 aromatic carbocycles. The van der Waals surface area contributed by atoms with Crippen molar-refractivity contribution < 1.29 is 0 Å². The van der Waals surface area contributed by atoms with E-state index in [4.69, 9.17) is 13.1 Å². The minimum absolute atomic E-state index is 0.0951. The molecule has 2 heteroatoms. The van der Waals surface area contributed by atoms with Crippen molar-refractivity contribution in [1.29, 1.82) is 5.26 Å². The number of hydrogen-bond donors (Lipinski definition) is 0. The van der Waals surface area contributed by atoms with Gasteiger partial charge in [0.05, 0.1) is 19.5 Å². The molecule has 1 unspecified atom stereocenters. The lowest BCUT2D eigenvalue weighted by atomic mass is 9.79. The summed E-state index contributed by atoms with van der Waals surface area (Å²) in [6.45, 7) is 2.04. The molecule has 0 saturated heterocycles. The standard InChI is InChI=1S/C10H10BN/c1-2-10(11)9-5-3-8(7-12)4-6-9/h3-6,10H,2H2,1H3. The van der Waals surface area contributed by atoms with Crippen molar-refractivity contribution in [3.05, 3.63) is 35.4 Å². The fourth-order valence-electron chi connectivity index (χ4n) is 1.04. The molecular weight excluding hydrogens is 145 g/mol. The van der Waals surface area contributed by atoms with E-state index in [9.17, 15) is 0 Å². The highest BCUT2D eigenvalue weighted by Gasteiger charge is 2.00. The average Bonchev–Trinajstić information content (AvgIpc) is 2.17. The van der Waals surface area contributed by atoms with Crippen LogP contribution >= 0.6 is 0 Å². The van der Waals surface area contributed by atoms with Crippen LogP contribution in [0.2, 0.25) is 0 Å². The third-order valence-corrected chi connectivity index (χ3v) is 1.91. The van der Waals surface area contributed by atoms with Crippen LogP contribution in [0.3, 0.4) is 0 Å². The Labute approximate surface area is 74.4 Å². The van der Waals surface area contributed by atoms with Gasteiger partial charge in [0.2, 0.25) is 0 Å². The van der Waals surface area contributed by atoms with Crippen LogP contribution in [0.15, 0.2) is 24.3 Å².